The van der Waals surface area contributed by atoms with Crippen LogP contribution in [0, 0.1) is 23.3 Å². The molecule has 0 unspecified atom stereocenters. The van der Waals surface area contributed by atoms with Gasteiger partial charge in [-0.3, -0.25) is 4.79 Å². The summed E-state index contributed by atoms with van der Waals surface area (Å²) >= 11 is 1.42. The Kier molecular flexibility index (Phi) is 7.12. The molecule has 0 aliphatic carbocycles. The van der Waals surface area contributed by atoms with Crippen molar-refractivity contribution in [1.82, 2.24) is 0 Å². The van der Waals surface area contributed by atoms with Crippen molar-refractivity contribution in [3.63, 3.8) is 0 Å². The molecule has 1 aromatic heterocycles. The fourth-order valence-corrected chi connectivity index (χ4v) is 3.66. The van der Waals surface area contributed by atoms with E-state index < -0.39 is 35.6 Å². The van der Waals surface area contributed by atoms with Gasteiger partial charge in [-0.1, -0.05) is 19.1 Å². The summed E-state index contributed by atoms with van der Waals surface area (Å²) in [5, 5.41) is 0. The number of carbonyl (C=O) groups is 1. The molecule has 0 aliphatic heterocycles. The van der Waals surface area contributed by atoms with E-state index >= 15 is 0 Å². The van der Waals surface area contributed by atoms with E-state index in [2.05, 4.69) is 0 Å². The van der Waals surface area contributed by atoms with E-state index in [0.717, 1.165) is 11.3 Å². The molecule has 8 heteroatoms. The Morgan fingerprint density at radius 2 is 1.74 bits per heavy atom. The zero-order valence-corrected chi connectivity index (χ0v) is 17.5. The molecule has 162 valence electrons. The van der Waals surface area contributed by atoms with Gasteiger partial charge in [-0.15, -0.1) is 11.3 Å². The summed E-state index contributed by atoms with van der Waals surface area (Å²) in [6.45, 7) is 1.59. The lowest BCUT2D eigenvalue weighted by molar-refractivity contribution is 0.105. The van der Waals surface area contributed by atoms with E-state index in [0.29, 0.717) is 21.8 Å². The molecule has 0 saturated carbocycles. The molecule has 3 nitrogen and oxygen atoms in total. The third-order valence-corrected chi connectivity index (χ3v) is 5.67. The van der Waals surface area contributed by atoms with Crippen LogP contribution in [0.4, 0.5) is 17.6 Å². The molecule has 31 heavy (non-hydrogen) atoms. The lowest BCUT2D eigenvalue weighted by Crippen LogP contribution is -2.05. The molecule has 0 fully saturated rings. The van der Waals surface area contributed by atoms with Gasteiger partial charge in [0, 0.05) is 16.5 Å². The van der Waals surface area contributed by atoms with E-state index in [1.165, 1.54) is 24.5 Å². The summed E-state index contributed by atoms with van der Waals surface area (Å²) in [6, 6.07) is 8.63. The molecule has 0 aliphatic rings. The van der Waals surface area contributed by atoms with Gasteiger partial charge in [0.1, 0.15) is 12.4 Å². The zero-order chi connectivity index (χ0) is 22.5. The second kappa shape index (κ2) is 9.78. The number of ketones is 1. The van der Waals surface area contributed by atoms with Crippen LogP contribution in [0.5, 0.6) is 11.5 Å². The van der Waals surface area contributed by atoms with Crippen LogP contribution < -0.4 is 9.47 Å². The molecule has 0 radical (unpaired) electrons. The van der Waals surface area contributed by atoms with Crippen molar-refractivity contribution in [2.75, 3.05) is 7.11 Å². The lowest BCUT2D eigenvalue weighted by Gasteiger charge is -2.13. The number of halogens is 4. The maximum absolute atomic E-state index is 13.8. The van der Waals surface area contributed by atoms with Gasteiger partial charge >= 0.3 is 0 Å². The summed E-state index contributed by atoms with van der Waals surface area (Å²) < 4.78 is 64.6. The number of benzene rings is 2. The molecule has 3 rings (SSSR count). The van der Waals surface area contributed by atoms with E-state index in [9.17, 15) is 22.4 Å². The zero-order valence-electron chi connectivity index (χ0n) is 16.7. The monoisotopic (exact) mass is 450 g/mol. The second-order valence-electron chi connectivity index (χ2n) is 6.47. The molecule has 1 heterocycles. The highest BCUT2D eigenvalue weighted by Crippen LogP contribution is 2.29. The van der Waals surface area contributed by atoms with Gasteiger partial charge < -0.3 is 9.47 Å². The van der Waals surface area contributed by atoms with Gasteiger partial charge in [0.15, 0.2) is 23.2 Å². The number of carbonyl (C=O) groups excluding carboxylic acids is 1. The maximum atomic E-state index is 13.8. The summed E-state index contributed by atoms with van der Waals surface area (Å²) in [5.41, 5.74) is 0.969. The molecule has 3 aromatic rings. The molecular formula is C23H18F4O3S. The fraction of sp³-hybridized carbons (Fsp3) is 0.174. The minimum Gasteiger partial charge on any atom is -0.496 e. The minimum atomic E-state index is -1.62. The van der Waals surface area contributed by atoms with Gasteiger partial charge in [0.2, 0.25) is 11.6 Å². The largest absolute Gasteiger partial charge is 0.496 e. The number of aryl methyl sites for hydroxylation is 1. The molecule has 0 atom stereocenters. The Morgan fingerprint density at radius 3 is 2.35 bits per heavy atom. The first-order chi connectivity index (χ1) is 14.8. The van der Waals surface area contributed by atoms with Crippen molar-refractivity contribution >= 4 is 23.2 Å². The predicted molar refractivity (Wildman–Crippen MR) is 111 cm³/mol. The number of hydrogen-bond acceptors (Lipinski definition) is 4. The predicted octanol–water partition coefficient (Wildman–Crippen LogP) is 6.35. The van der Waals surface area contributed by atoms with E-state index in [1.807, 2.05) is 13.0 Å². The first kappa shape index (κ1) is 22.6. The van der Waals surface area contributed by atoms with Gasteiger partial charge in [-0.05, 0) is 42.3 Å². The Hall–Kier alpha value is -3.13. The third kappa shape index (κ3) is 5.14. The Balaban J connectivity index is 1.80. The summed E-state index contributed by atoms with van der Waals surface area (Å²) in [5.74, 6) is -7.33. The molecule has 0 N–H and O–H groups in total. The lowest BCUT2D eigenvalue weighted by atomic mass is 10.1. The number of hydrogen-bond donors (Lipinski definition) is 0. The average Bonchev–Trinajstić information content (AvgIpc) is 3.25. The highest BCUT2D eigenvalue weighted by Gasteiger charge is 2.21. The first-order valence-electron chi connectivity index (χ1n) is 9.27. The van der Waals surface area contributed by atoms with E-state index in [4.69, 9.17) is 9.47 Å². The summed E-state index contributed by atoms with van der Waals surface area (Å²) in [6.07, 6.45) is 3.85. The van der Waals surface area contributed by atoms with Crippen molar-refractivity contribution < 1.29 is 31.8 Å². The average molecular weight is 450 g/mol. The van der Waals surface area contributed by atoms with Crippen LogP contribution in [-0.4, -0.2) is 12.9 Å². The Bertz CT molecular complexity index is 1110. The molecular weight excluding hydrogens is 432 g/mol. The van der Waals surface area contributed by atoms with Crippen molar-refractivity contribution in [2.24, 2.45) is 0 Å². The Morgan fingerprint density at radius 1 is 1.03 bits per heavy atom. The molecule has 2 aromatic carbocycles. The topological polar surface area (TPSA) is 35.5 Å². The summed E-state index contributed by atoms with van der Waals surface area (Å²) in [7, 11) is 1.39. The first-order valence-corrected chi connectivity index (χ1v) is 10.1. The number of thiophene rings is 1. The molecule has 0 bridgehead atoms. The number of allylic oxidation sites excluding steroid dienone is 1. The quantitative estimate of drug-likeness (QED) is 0.174. The summed E-state index contributed by atoms with van der Waals surface area (Å²) in [4.78, 5) is 14.0. The molecule has 0 amide bonds. The molecule has 0 spiro atoms. The van der Waals surface area contributed by atoms with Crippen molar-refractivity contribution in [2.45, 2.75) is 20.0 Å². The van der Waals surface area contributed by atoms with E-state index in [-0.39, 0.29) is 11.8 Å². The van der Waals surface area contributed by atoms with Crippen molar-refractivity contribution in [3.8, 4) is 11.5 Å². The van der Waals surface area contributed by atoms with Gasteiger partial charge in [-0.2, -0.15) is 8.78 Å². The normalized spacial score (nSPS) is 11.2. The van der Waals surface area contributed by atoms with Crippen LogP contribution in [0.15, 0.2) is 42.5 Å². The van der Waals surface area contributed by atoms with Crippen LogP contribution in [0.3, 0.4) is 0 Å². The number of ether oxygens (including phenoxy) is 2. The Labute approximate surface area is 180 Å². The highest BCUT2D eigenvalue weighted by molar-refractivity contribution is 7.14. The van der Waals surface area contributed by atoms with Crippen molar-refractivity contribution in [1.29, 1.82) is 0 Å². The SMILES string of the molecule is CCc1ccc(C(=O)/C=C/c2ccc(OC)c(COc3c(F)c(F)cc(F)c3F)c2)s1. The van der Waals surface area contributed by atoms with Crippen LogP contribution in [0.2, 0.25) is 0 Å². The van der Waals surface area contributed by atoms with Crippen LogP contribution in [0.25, 0.3) is 6.08 Å². The van der Waals surface area contributed by atoms with Crippen LogP contribution in [0.1, 0.15) is 32.6 Å². The molecule has 0 saturated heterocycles. The second-order valence-corrected chi connectivity index (χ2v) is 7.64. The van der Waals surface area contributed by atoms with Crippen LogP contribution in [-0.2, 0) is 13.0 Å². The maximum Gasteiger partial charge on any atom is 0.203 e. The number of rotatable bonds is 8. The minimum absolute atomic E-state index is 0.109. The van der Waals surface area contributed by atoms with Gasteiger partial charge in [0.25, 0.3) is 0 Å². The van der Waals surface area contributed by atoms with Gasteiger partial charge in [-0.25, -0.2) is 8.78 Å². The smallest absolute Gasteiger partial charge is 0.203 e. The van der Waals surface area contributed by atoms with Crippen molar-refractivity contribution in [3.05, 3.63) is 86.6 Å². The highest BCUT2D eigenvalue weighted by atomic mass is 32.1. The standard InChI is InChI=1S/C23H18F4O3S/c1-3-15-6-9-20(31-15)18(28)7-4-13-5-8-19(29-2)14(10-13)12-30-23-21(26)16(24)11-17(25)22(23)27/h4-11H,3,12H2,1-2H3/b7-4+. The number of methoxy groups -OCH3 is 1. The van der Waals surface area contributed by atoms with E-state index in [1.54, 1.807) is 30.3 Å². The third-order valence-electron chi connectivity index (χ3n) is 4.43. The van der Waals surface area contributed by atoms with Crippen LogP contribution >= 0.6 is 11.3 Å². The fourth-order valence-electron chi connectivity index (χ4n) is 2.80. The van der Waals surface area contributed by atoms with Gasteiger partial charge in [0.05, 0.1) is 12.0 Å².